The molecule has 0 atom stereocenters. The van der Waals surface area contributed by atoms with Gasteiger partial charge in [-0.25, -0.2) is 13.1 Å². The lowest BCUT2D eigenvalue weighted by Gasteiger charge is -2.09. The minimum atomic E-state index is -4.38. The SMILES string of the molecule is O=S(=O)(CCNC1CC1)NCc1ccc(C(F)(F)F)cc1. The van der Waals surface area contributed by atoms with E-state index in [0.717, 1.165) is 25.0 Å². The van der Waals surface area contributed by atoms with Crippen molar-refractivity contribution in [2.75, 3.05) is 12.3 Å². The summed E-state index contributed by atoms with van der Waals surface area (Å²) in [5.74, 6) is -0.0376. The third kappa shape index (κ3) is 5.64. The van der Waals surface area contributed by atoms with E-state index in [2.05, 4.69) is 10.0 Å². The molecule has 0 unspecified atom stereocenters. The molecule has 0 aliphatic heterocycles. The van der Waals surface area contributed by atoms with Crippen molar-refractivity contribution in [1.82, 2.24) is 10.0 Å². The zero-order chi connectivity index (χ0) is 15.5. The fourth-order valence-electron chi connectivity index (χ4n) is 1.76. The maximum Gasteiger partial charge on any atom is 0.416 e. The molecule has 1 aliphatic rings. The van der Waals surface area contributed by atoms with Crippen molar-refractivity contribution in [1.29, 1.82) is 0 Å². The summed E-state index contributed by atoms with van der Waals surface area (Å²) >= 11 is 0. The van der Waals surface area contributed by atoms with Gasteiger partial charge in [0.05, 0.1) is 11.3 Å². The molecule has 0 spiro atoms. The summed E-state index contributed by atoms with van der Waals surface area (Å²) in [5.41, 5.74) is -0.260. The van der Waals surface area contributed by atoms with Gasteiger partial charge in [-0.1, -0.05) is 12.1 Å². The first-order valence-corrected chi connectivity index (χ1v) is 8.28. The standard InChI is InChI=1S/C13H17F3N2O2S/c14-13(15,16)11-3-1-10(2-4-11)9-18-21(19,20)8-7-17-12-5-6-12/h1-4,12,17-18H,5-9H2. The van der Waals surface area contributed by atoms with Crippen LogP contribution in [-0.4, -0.2) is 26.8 Å². The molecule has 0 heterocycles. The van der Waals surface area contributed by atoms with Crippen molar-refractivity contribution < 1.29 is 21.6 Å². The lowest BCUT2D eigenvalue weighted by atomic mass is 10.1. The molecule has 1 saturated carbocycles. The van der Waals surface area contributed by atoms with Crippen LogP contribution in [0, 0.1) is 0 Å². The Morgan fingerprint density at radius 1 is 1.14 bits per heavy atom. The highest BCUT2D eigenvalue weighted by molar-refractivity contribution is 7.89. The van der Waals surface area contributed by atoms with Crippen LogP contribution in [0.1, 0.15) is 24.0 Å². The van der Waals surface area contributed by atoms with Crippen molar-refractivity contribution in [2.45, 2.75) is 31.6 Å². The second-order valence-electron chi connectivity index (χ2n) is 5.06. The predicted octanol–water partition coefficient (Wildman–Crippen LogP) is 1.88. The fourth-order valence-corrected chi connectivity index (χ4v) is 2.68. The molecule has 1 aliphatic carbocycles. The largest absolute Gasteiger partial charge is 0.416 e. The van der Waals surface area contributed by atoms with Crippen LogP contribution in [-0.2, 0) is 22.7 Å². The monoisotopic (exact) mass is 322 g/mol. The Labute approximate surface area is 121 Å². The van der Waals surface area contributed by atoms with Crippen molar-refractivity contribution in [3.8, 4) is 0 Å². The summed E-state index contributed by atoms with van der Waals surface area (Å²) < 4.78 is 62.9. The van der Waals surface area contributed by atoms with Crippen molar-refractivity contribution in [2.24, 2.45) is 0 Å². The highest BCUT2D eigenvalue weighted by atomic mass is 32.2. The molecule has 2 N–H and O–H groups in total. The highest BCUT2D eigenvalue weighted by Gasteiger charge is 2.29. The van der Waals surface area contributed by atoms with E-state index in [1.807, 2.05) is 0 Å². The maximum atomic E-state index is 12.4. The van der Waals surface area contributed by atoms with Crippen LogP contribution in [0.2, 0.25) is 0 Å². The highest BCUT2D eigenvalue weighted by Crippen LogP contribution is 2.29. The van der Waals surface area contributed by atoms with E-state index in [9.17, 15) is 21.6 Å². The van der Waals surface area contributed by atoms with Gasteiger partial charge in [0.15, 0.2) is 0 Å². The van der Waals surface area contributed by atoms with Crippen molar-refractivity contribution in [3.05, 3.63) is 35.4 Å². The van der Waals surface area contributed by atoms with Gasteiger partial charge >= 0.3 is 6.18 Å². The smallest absolute Gasteiger partial charge is 0.313 e. The number of rotatable bonds is 7. The zero-order valence-corrected chi connectivity index (χ0v) is 12.1. The summed E-state index contributed by atoms with van der Waals surface area (Å²) in [6, 6.07) is 4.87. The van der Waals surface area contributed by atoms with E-state index in [1.54, 1.807) is 0 Å². The number of nitrogens with one attached hydrogen (secondary N) is 2. The van der Waals surface area contributed by atoms with E-state index in [1.165, 1.54) is 12.1 Å². The predicted molar refractivity (Wildman–Crippen MR) is 73.1 cm³/mol. The second kappa shape index (κ2) is 6.33. The Balaban J connectivity index is 1.80. The summed E-state index contributed by atoms with van der Waals surface area (Å²) in [6.07, 6.45) is -2.22. The lowest BCUT2D eigenvalue weighted by molar-refractivity contribution is -0.137. The van der Waals surface area contributed by atoms with Crippen molar-refractivity contribution in [3.63, 3.8) is 0 Å². The minimum absolute atomic E-state index is 0.0100. The molecule has 21 heavy (non-hydrogen) atoms. The molecule has 0 aromatic heterocycles. The van der Waals surface area contributed by atoms with E-state index < -0.39 is 21.8 Å². The lowest BCUT2D eigenvalue weighted by Crippen LogP contribution is -2.32. The fraction of sp³-hybridized carbons (Fsp3) is 0.538. The van der Waals surface area contributed by atoms with E-state index in [4.69, 9.17) is 0 Å². The van der Waals surface area contributed by atoms with Gasteiger partial charge in [0, 0.05) is 19.1 Å². The van der Waals surface area contributed by atoms with Gasteiger partial charge in [-0.3, -0.25) is 0 Å². The molecule has 0 saturated heterocycles. The van der Waals surface area contributed by atoms with Crippen LogP contribution in [0.3, 0.4) is 0 Å². The molecule has 0 bridgehead atoms. The van der Waals surface area contributed by atoms with Crippen LogP contribution in [0.4, 0.5) is 13.2 Å². The van der Waals surface area contributed by atoms with E-state index in [-0.39, 0.29) is 12.3 Å². The summed E-state index contributed by atoms with van der Waals surface area (Å²) in [4.78, 5) is 0. The number of halogens is 3. The number of alkyl halides is 3. The number of benzene rings is 1. The molecule has 1 aromatic carbocycles. The first-order valence-electron chi connectivity index (χ1n) is 6.63. The van der Waals surface area contributed by atoms with Crippen LogP contribution < -0.4 is 10.0 Å². The summed E-state index contributed by atoms with van der Waals surface area (Å²) in [6.45, 7) is 0.372. The molecule has 4 nitrogen and oxygen atoms in total. The number of sulfonamides is 1. The Bertz CT molecular complexity index is 566. The molecule has 118 valence electrons. The molecule has 0 amide bonds. The molecular weight excluding hydrogens is 305 g/mol. The third-order valence-corrected chi connectivity index (χ3v) is 4.48. The van der Waals surface area contributed by atoms with Crippen molar-refractivity contribution >= 4 is 10.0 Å². The summed E-state index contributed by atoms with van der Waals surface area (Å²) in [5, 5.41) is 3.09. The average molecular weight is 322 g/mol. The zero-order valence-electron chi connectivity index (χ0n) is 11.3. The van der Waals surface area contributed by atoms with Gasteiger partial charge in [-0.15, -0.1) is 0 Å². The van der Waals surface area contributed by atoms with Gasteiger partial charge in [-0.2, -0.15) is 13.2 Å². The average Bonchev–Trinajstić information content (AvgIpc) is 3.20. The molecule has 1 aromatic rings. The van der Waals surface area contributed by atoms with Crippen LogP contribution in [0.25, 0.3) is 0 Å². The van der Waals surface area contributed by atoms with Gasteiger partial charge < -0.3 is 5.32 Å². The van der Waals surface area contributed by atoms with Crippen LogP contribution >= 0.6 is 0 Å². The minimum Gasteiger partial charge on any atom is -0.313 e. The molecular formula is C13H17F3N2O2S. The Kier molecular flexibility index (Phi) is 4.90. The number of hydrogen-bond acceptors (Lipinski definition) is 3. The molecule has 8 heteroatoms. The molecule has 2 rings (SSSR count). The van der Waals surface area contributed by atoms with E-state index in [0.29, 0.717) is 18.2 Å². The Morgan fingerprint density at radius 3 is 2.29 bits per heavy atom. The van der Waals surface area contributed by atoms with Gasteiger partial charge in [0.2, 0.25) is 10.0 Å². The molecule has 0 radical (unpaired) electrons. The Morgan fingerprint density at radius 2 is 1.76 bits per heavy atom. The normalized spacial score (nSPS) is 16.1. The second-order valence-corrected chi connectivity index (χ2v) is 6.99. The molecule has 1 fully saturated rings. The quantitative estimate of drug-likeness (QED) is 0.806. The summed E-state index contributed by atoms with van der Waals surface area (Å²) in [7, 11) is -3.42. The van der Waals surface area contributed by atoms with Gasteiger partial charge in [0.1, 0.15) is 0 Å². The Hall–Kier alpha value is -1.12. The first-order chi connectivity index (χ1) is 9.76. The first kappa shape index (κ1) is 16.3. The topological polar surface area (TPSA) is 58.2 Å². The number of hydrogen-bond donors (Lipinski definition) is 2. The van der Waals surface area contributed by atoms with Gasteiger partial charge in [-0.05, 0) is 30.5 Å². The van der Waals surface area contributed by atoms with Gasteiger partial charge in [0.25, 0.3) is 0 Å². The van der Waals surface area contributed by atoms with Crippen LogP contribution in [0.5, 0.6) is 0 Å². The van der Waals surface area contributed by atoms with Crippen LogP contribution in [0.15, 0.2) is 24.3 Å². The van der Waals surface area contributed by atoms with E-state index >= 15 is 0 Å². The third-order valence-electron chi connectivity index (χ3n) is 3.16. The maximum absolute atomic E-state index is 12.4.